The lowest BCUT2D eigenvalue weighted by Crippen LogP contribution is -2.43. The normalized spacial score (nSPS) is 12.8. The zero-order valence-electron chi connectivity index (χ0n) is 10.4. The van der Waals surface area contributed by atoms with E-state index in [0.717, 1.165) is 6.26 Å². The van der Waals surface area contributed by atoms with E-state index in [2.05, 4.69) is 11.3 Å². The van der Waals surface area contributed by atoms with Crippen LogP contribution in [0.1, 0.15) is 13.3 Å². The van der Waals surface area contributed by atoms with Gasteiger partial charge >= 0.3 is 11.9 Å². The number of hydrogen-bond donors (Lipinski definition) is 0. The van der Waals surface area contributed by atoms with Crippen LogP contribution < -0.4 is 0 Å². The van der Waals surface area contributed by atoms with Crippen LogP contribution in [0.5, 0.6) is 0 Å². The number of carbonyl (C=O) groups is 2. The lowest BCUT2D eigenvalue weighted by molar-refractivity contribution is -0.873. The number of hydrogen-bond acceptors (Lipinski definition) is 4. The predicted molar refractivity (Wildman–Crippen MR) is 59.4 cm³/mol. The van der Waals surface area contributed by atoms with Gasteiger partial charge in [-0.15, -0.1) is 0 Å². The molecule has 0 aromatic heterocycles. The fourth-order valence-corrected chi connectivity index (χ4v) is 1.32. The van der Waals surface area contributed by atoms with Gasteiger partial charge < -0.3 is 14.0 Å². The molecule has 92 valence electrons. The Hall–Kier alpha value is -1.36. The van der Waals surface area contributed by atoms with Crippen molar-refractivity contribution in [2.45, 2.75) is 19.4 Å². The van der Waals surface area contributed by atoms with Crippen LogP contribution in [-0.2, 0) is 19.1 Å². The van der Waals surface area contributed by atoms with Crippen molar-refractivity contribution in [3.8, 4) is 0 Å². The number of quaternary nitrogens is 1. The fourth-order valence-electron chi connectivity index (χ4n) is 1.32. The van der Waals surface area contributed by atoms with E-state index in [1.807, 2.05) is 21.1 Å². The van der Waals surface area contributed by atoms with Gasteiger partial charge in [0.15, 0.2) is 6.10 Å². The molecule has 1 atom stereocenters. The largest absolute Gasteiger partial charge is 0.456 e. The minimum absolute atomic E-state index is 0.0428. The highest BCUT2D eigenvalue weighted by molar-refractivity contribution is 5.71. The van der Waals surface area contributed by atoms with Crippen molar-refractivity contribution in [1.29, 1.82) is 0 Å². The third-order valence-corrected chi connectivity index (χ3v) is 1.69. The van der Waals surface area contributed by atoms with Crippen molar-refractivity contribution in [2.24, 2.45) is 0 Å². The smallest absolute Gasteiger partial charge is 0.314 e. The van der Waals surface area contributed by atoms with E-state index >= 15 is 0 Å². The van der Waals surface area contributed by atoms with Gasteiger partial charge in [-0.25, -0.2) is 0 Å². The highest BCUT2D eigenvalue weighted by atomic mass is 16.6. The van der Waals surface area contributed by atoms with Gasteiger partial charge in [0.2, 0.25) is 0 Å². The average molecular weight is 230 g/mol. The molecule has 0 aromatic carbocycles. The van der Waals surface area contributed by atoms with Gasteiger partial charge in [-0.3, -0.25) is 9.59 Å². The van der Waals surface area contributed by atoms with Crippen LogP contribution in [0, 0.1) is 0 Å². The zero-order valence-corrected chi connectivity index (χ0v) is 10.4. The van der Waals surface area contributed by atoms with Crippen molar-refractivity contribution in [3.05, 3.63) is 12.8 Å². The molecule has 0 bridgehead atoms. The summed E-state index contributed by atoms with van der Waals surface area (Å²) in [7, 11) is 5.86. The first-order chi connectivity index (χ1) is 7.24. The maximum atomic E-state index is 11.2. The molecule has 5 nitrogen and oxygen atoms in total. The summed E-state index contributed by atoms with van der Waals surface area (Å²) in [6, 6.07) is 0. The second-order valence-electron chi connectivity index (χ2n) is 4.56. The summed E-state index contributed by atoms with van der Waals surface area (Å²) in [6.45, 7) is 5.16. The molecule has 0 saturated carbocycles. The standard InChI is InChI=1S/C11H20NO4/c1-6-15-11(14)7-10(16-9(2)13)8-12(3,4)5/h6,10H,1,7-8H2,2-5H3/q+1. The molecule has 0 amide bonds. The van der Waals surface area contributed by atoms with E-state index in [-0.39, 0.29) is 6.42 Å². The van der Waals surface area contributed by atoms with E-state index in [0.29, 0.717) is 11.0 Å². The SMILES string of the molecule is C=COC(=O)CC(C[N+](C)(C)C)OC(C)=O. The van der Waals surface area contributed by atoms with Gasteiger partial charge in [-0.1, -0.05) is 6.58 Å². The molecule has 0 fully saturated rings. The van der Waals surface area contributed by atoms with Gasteiger partial charge in [0.05, 0.1) is 33.8 Å². The first-order valence-electron chi connectivity index (χ1n) is 5.02. The molecule has 1 unspecified atom stereocenters. The number of ether oxygens (including phenoxy) is 2. The second-order valence-corrected chi connectivity index (χ2v) is 4.56. The monoisotopic (exact) mass is 230 g/mol. The van der Waals surface area contributed by atoms with E-state index in [1.54, 1.807) is 0 Å². The van der Waals surface area contributed by atoms with E-state index < -0.39 is 18.0 Å². The van der Waals surface area contributed by atoms with E-state index in [1.165, 1.54) is 6.92 Å². The molecule has 0 aromatic rings. The Morgan fingerprint density at radius 1 is 1.38 bits per heavy atom. The van der Waals surface area contributed by atoms with Crippen molar-refractivity contribution in [1.82, 2.24) is 0 Å². The Kier molecular flexibility index (Phi) is 5.74. The Bertz CT molecular complexity index is 268. The molecule has 0 radical (unpaired) electrons. The number of likely N-dealkylation sites (N-methyl/N-ethyl adjacent to an activating group) is 1. The Labute approximate surface area is 96.2 Å². The maximum Gasteiger partial charge on any atom is 0.314 e. The molecule has 0 saturated heterocycles. The van der Waals surface area contributed by atoms with Crippen LogP contribution in [0.15, 0.2) is 12.8 Å². The number of rotatable bonds is 6. The lowest BCUT2D eigenvalue weighted by Gasteiger charge is -2.28. The highest BCUT2D eigenvalue weighted by Gasteiger charge is 2.24. The molecular weight excluding hydrogens is 210 g/mol. The van der Waals surface area contributed by atoms with Gasteiger partial charge in [0, 0.05) is 6.92 Å². The van der Waals surface area contributed by atoms with Crippen molar-refractivity contribution in [3.63, 3.8) is 0 Å². The molecule has 0 spiro atoms. The molecule has 16 heavy (non-hydrogen) atoms. The summed E-state index contributed by atoms with van der Waals surface area (Å²) >= 11 is 0. The van der Waals surface area contributed by atoms with Gasteiger partial charge in [-0.2, -0.15) is 0 Å². The summed E-state index contributed by atoms with van der Waals surface area (Å²) in [5.74, 6) is -0.848. The predicted octanol–water partition coefficient (Wildman–Crippen LogP) is 0.701. The second kappa shape index (κ2) is 6.27. The maximum absolute atomic E-state index is 11.2. The van der Waals surface area contributed by atoms with Crippen LogP contribution in [0.25, 0.3) is 0 Å². The minimum Gasteiger partial charge on any atom is -0.456 e. The van der Waals surface area contributed by atoms with Crippen molar-refractivity contribution >= 4 is 11.9 Å². The summed E-state index contributed by atoms with van der Waals surface area (Å²) in [4.78, 5) is 22.1. The van der Waals surface area contributed by atoms with E-state index in [4.69, 9.17) is 4.74 Å². The Balaban J connectivity index is 4.36. The molecule has 0 rings (SSSR count). The topological polar surface area (TPSA) is 52.6 Å². The molecule has 0 aliphatic heterocycles. The highest BCUT2D eigenvalue weighted by Crippen LogP contribution is 2.06. The van der Waals surface area contributed by atoms with E-state index in [9.17, 15) is 9.59 Å². The van der Waals surface area contributed by atoms with Crippen LogP contribution in [0.2, 0.25) is 0 Å². The molecule has 5 heteroatoms. The minimum atomic E-state index is -0.468. The molecule has 0 N–H and O–H groups in total. The molecular formula is C11H20NO4+. The molecule has 0 aliphatic carbocycles. The van der Waals surface area contributed by atoms with Crippen LogP contribution in [0.4, 0.5) is 0 Å². The van der Waals surface area contributed by atoms with Crippen LogP contribution in [0.3, 0.4) is 0 Å². The summed E-state index contributed by atoms with van der Waals surface area (Å²) in [5.41, 5.74) is 0. The van der Waals surface area contributed by atoms with Gasteiger partial charge in [0.1, 0.15) is 6.54 Å². The van der Waals surface area contributed by atoms with Gasteiger partial charge in [0.25, 0.3) is 0 Å². The quantitative estimate of drug-likeness (QED) is 0.383. The summed E-state index contributed by atoms with van der Waals surface area (Å²) in [6.07, 6.45) is 0.644. The summed E-state index contributed by atoms with van der Waals surface area (Å²) < 4.78 is 10.2. The number of esters is 2. The third kappa shape index (κ3) is 7.99. The molecule has 0 aliphatic rings. The van der Waals surface area contributed by atoms with Crippen LogP contribution in [-0.4, -0.2) is 50.2 Å². The fraction of sp³-hybridized carbons (Fsp3) is 0.636. The van der Waals surface area contributed by atoms with Crippen LogP contribution >= 0.6 is 0 Å². The van der Waals surface area contributed by atoms with Crippen molar-refractivity contribution in [2.75, 3.05) is 27.7 Å². The Morgan fingerprint density at radius 2 is 1.94 bits per heavy atom. The van der Waals surface area contributed by atoms with Crippen molar-refractivity contribution < 1.29 is 23.5 Å². The third-order valence-electron chi connectivity index (χ3n) is 1.69. The average Bonchev–Trinajstić information content (AvgIpc) is 1.98. The van der Waals surface area contributed by atoms with Gasteiger partial charge in [-0.05, 0) is 0 Å². The summed E-state index contributed by atoms with van der Waals surface area (Å²) in [5, 5.41) is 0. The lowest BCUT2D eigenvalue weighted by atomic mass is 10.2. The first-order valence-corrected chi connectivity index (χ1v) is 5.02. The Morgan fingerprint density at radius 3 is 2.31 bits per heavy atom. The first kappa shape index (κ1) is 14.6. The zero-order chi connectivity index (χ0) is 12.8. The number of carbonyl (C=O) groups excluding carboxylic acids is 2. The number of nitrogens with zero attached hydrogens (tertiary/aromatic N) is 1. The molecule has 0 heterocycles.